The number of methoxy groups -OCH3 is 1. The summed E-state index contributed by atoms with van der Waals surface area (Å²) in [7, 11) is 1.51. The van der Waals surface area contributed by atoms with Crippen LogP contribution >= 0.6 is 0 Å². The molecule has 0 aliphatic rings. The molecule has 0 saturated heterocycles. The summed E-state index contributed by atoms with van der Waals surface area (Å²) in [5, 5.41) is 0. The quantitative estimate of drug-likeness (QED) is 0.580. The second-order valence-electron chi connectivity index (χ2n) is 7.11. The number of nitrogen functional groups attached to an aromatic ring is 1. The number of hydrogen-bond donors (Lipinski definition) is 2. The summed E-state index contributed by atoms with van der Waals surface area (Å²) < 4.78 is 6.48. The third-order valence-corrected chi connectivity index (χ3v) is 4.96. The lowest BCUT2D eigenvalue weighted by Crippen LogP contribution is -2.41. The Kier molecular flexibility index (Phi) is 6.92. The SMILES string of the molecule is CCCCN(C(=O)c1cccc(OC)c1)c1c(N)n(Cc2ccccc2)c(=O)[nH]c1=O. The van der Waals surface area contributed by atoms with Crippen LogP contribution in [-0.4, -0.2) is 29.1 Å². The normalized spacial score (nSPS) is 10.6. The van der Waals surface area contributed by atoms with Crippen molar-refractivity contribution in [2.75, 3.05) is 24.3 Å². The molecule has 31 heavy (non-hydrogen) atoms. The summed E-state index contributed by atoms with van der Waals surface area (Å²) in [5.74, 6) is 0.0802. The number of rotatable bonds is 8. The molecule has 1 aromatic heterocycles. The molecule has 162 valence electrons. The third-order valence-electron chi connectivity index (χ3n) is 4.96. The Hall–Kier alpha value is -3.81. The summed E-state index contributed by atoms with van der Waals surface area (Å²) in [6.45, 7) is 2.44. The van der Waals surface area contributed by atoms with Crippen molar-refractivity contribution in [2.45, 2.75) is 26.3 Å². The Bertz CT molecular complexity index is 1170. The standard InChI is InChI=1S/C23H26N4O4/c1-3-4-13-26(22(29)17-11-8-12-18(14-17)31-2)19-20(24)27(23(30)25-21(19)28)15-16-9-6-5-7-10-16/h5-12,14H,3-4,13,15,24H2,1-2H3,(H,25,28,30). The fourth-order valence-corrected chi connectivity index (χ4v) is 3.30. The highest BCUT2D eigenvalue weighted by Gasteiger charge is 2.25. The van der Waals surface area contributed by atoms with E-state index in [1.807, 2.05) is 37.3 Å². The maximum Gasteiger partial charge on any atom is 0.330 e. The molecule has 0 aliphatic heterocycles. The molecule has 0 atom stereocenters. The van der Waals surface area contributed by atoms with Gasteiger partial charge < -0.3 is 15.4 Å². The number of unbranched alkanes of at least 4 members (excludes halogenated alkanes) is 1. The maximum absolute atomic E-state index is 13.4. The molecule has 0 unspecified atom stereocenters. The van der Waals surface area contributed by atoms with Gasteiger partial charge in [-0.05, 0) is 30.2 Å². The molecule has 0 fully saturated rings. The number of anilines is 2. The van der Waals surface area contributed by atoms with E-state index in [9.17, 15) is 14.4 Å². The van der Waals surface area contributed by atoms with Gasteiger partial charge in [0.25, 0.3) is 11.5 Å². The molecule has 0 radical (unpaired) electrons. The van der Waals surface area contributed by atoms with Crippen molar-refractivity contribution in [3.8, 4) is 5.75 Å². The lowest BCUT2D eigenvalue weighted by Gasteiger charge is -2.24. The van der Waals surface area contributed by atoms with Gasteiger partial charge in [-0.25, -0.2) is 4.79 Å². The fourth-order valence-electron chi connectivity index (χ4n) is 3.30. The Balaban J connectivity index is 2.10. The van der Waals surface area contributed by atoms with Gasteiger partial charge in [-0.2, -0.15) is 0 Å². The van der Waals surface area contributed by atoms with Crippen LogP contribution in [0, 0.1) is 0 Å². The summed E-state index contributed by atoms with van der Waals surface area (Å²) in [6, 6.07) is 16.0. The zero-order valence-corrected chi connectivity index (χ0v) is 17.6. The van der Waals surface area contributed by atoms with Crippen molar-refractivity contribution >= 4 is 17.4 Å². The fraction of sp³-hybridized carbons (Fsp3) is 0.261. The van der Waals surface area contributed by atoms with E-state index in [0.29, 0.717) is 17.7 Å². The highest BCUT2D eigenvalue weighted by molar-refractivity contribution is 6.07. The van der Waals surface area contributed by atoms with Crippen molar-refractivity contribution in [3.63, 3.8) is 0 Å². The zero-order valence-electron chi connectivity index (χ0n) is 17.6. The molecule has 0 spiro atoms. The van der Waals surface area contributed by atoms with Crippen molar-refractivity contribution in [2.24, 2.45) is 0 Å². The molecule has 0 aliphatic carbocycles. The largest absolute Gasteiger partial charge is 0.497 e. The summed E-state index contributed by atoms with van der Waals surface area (Å²) in [4.78, 5) is 42.2. The van der Waals surface area contributed by atoms with Crippen LogP contribution < -0.4 is 26.6 Å². The molecule has 0 bridgehead atoms. The molecule has 1 amide bonds. The van der Waals surface area contributed by atoms with Gasteiger partial charge in [-0.3, -0.25) is 19.1 Å². The Morgan fingerprint density at radius 2 is 1.87 bits per heavy atom. The van der Waals surface area contributed by atoms with Gasteiger partial charge in [0, 0.05) is 12.1 Å². The van der Waals surface area contributed by atoms with E-state index in [1.165, 1.54) is 16.6 Å². The van der Waals surface area contributed by atoms with E-state index in [-0.39, 0.29) is 24.6 Å². The first-order chi connectivity index (χ1) is 15.0. The Labute approximate surface area is 179 Å². The van der Waals surface area contributed by atoms with Gasteiger partial charge in [-0.1, -0.05) is 49.7 Å². The first-order valence-corrected chi connectivity index (χ1v) is 10.1. The van der Waals surface area contributed by atoms with Crippen LogP contribution in [-0.2, 0) is 6.54 Å². The van der Waals surface area contributed by atoms with Crippen LogP contribution in [0.1, 0.15) is 35.7 Å². The summed E-state index contributed by atoms with van der Waals surface area (Å²) >= 11 is 0. The van der Waals surface area contributed by atoms with Crippen molar-refractivity contribution < 1.29 is 9.53 Å². The molecule has 8 heteroatoms. The van der Waals surface area contributed by atoms with Crippen molar-refractivity contribution in [3.05, 3.63) is 86.6 Å². The van der Waals surface area contributed by atoms with E-state index < -0.39 is 17.2 Å². The van der Waals surface area contributed by atoms with Crippen LogP contribution in [0.15, 0.2) is 64.2 Å². The second-order valence-corrected chi connectivity index (χ2v) is 7.11. The average Bonchev–Trinajstić information content (AvgIpc) is 2.79. The van der Waals surface area contributed by atoms with E-state index in [2.05, 4.69) is 4.98 Å². The zero-order chi connectivity index (χ0) is 22.4. The molecule has 0 saturated carbocycles. The minimum Gasteiger partial charge on any atom is -0.497 e. The number of H-pyrrole nitrogens is 1. The average molecular weight is 422 g/mol. The summed E-state index contributed by atoms with van der Waals surface area (Å²) in [5.41, 5.74) is 6.15. The van der Waals surface area contributed by atoms with Crippen LogP contribution in [0.4, 0.5) is 11.5 Å². The molecule has 3 rings (SSSR count). The maximum atomic E-state index is 13.4. The number of carbonyl (C=O) groups is 1. The number of benzene rings is 2. The second kappa shape index (κ2) is 9.80. The van der Waals surface area contributed by atoms with Crippen LogP contribution in [0.3, 0.4) is 0 Å². The number of nitrogens with one attached hydrogen (secondary N) is 1. The van der Waals surface area contributed by atoms with E-state index in [1.54, 1.807) is 24.3 Å². The number of amides is 1. The van der Waals surface area contributed by atoms with Crippen LogP contribution in [0.2, 0.25) is 0 Å². The van der Waals surface area contributed by atoms with Crippen molar-refractivity contribution in [1.82, 2.24) is 9.55 Å². The first kappa shape index (κ1) is 21.9. The van der Waals surface area contributed by atoms with Gasteiger partial charge in [0.05, 0.1) is 13.7 Å². The minimum atomic E-state index is -0.695. The van der Waals surface area contributed by atoms with Gasteiger partial charge >= 0.3 is 5.69 Å². The number of hydrogen-bond acceptors (Lipinski definition) is 5. The number of aromatic nitrogens is 2. The van der Waals surface area contributed by atoms with E-state index >= 15 is 0 Å². The van der Waals surface area contributed by atoms with Crippen LogP contribution in [0.25, 0.3) is 0 Å². The smallest absolute Gasteiger partial charge is 0.330 e. The topological polar surface area (TPSA) is 110 Å². The van der Waals surface area contributed by atoms with Gasteiger partial charge in [0.2, 0.25) is 0 Å². The number of nitrogens with two attached hydrogens (primary N) is 1. The third kappa shape index (κ3) is 4.85. The van der Waals surface area contributed by atoms with E-state index in [4.69, 9.17) is 10.5 Å². The molecule has 8 nitrogen and oxygen atoms in total. The monoisotopic (exact) mass is 422 g/mol. The number of aromatic amines is 1. The molecular formula is C23H26N4O4. The Morgan fingerprint density at radius 3 is 2.55 bits per heavy atom. The van der Waals surface area contributed by atoms with Gasteiger partial charge in [0.15, 0.2) is 5.69 Å². The lowest BCUT2D eigenvalue weighted by atomic mass is 10.1. The minimum absolute atomic E-state index is 0.0307. The van der Waals surface area contributed by atoms with E-state index in [0.717, 1.165) is 12.0 Å². The molecule has 1 heterocycles. The molecule has 3 N–H and O–H groups in total. The predicted molar refractivity (Wildman–Crippen MR) is 121 cm³/mol. The highest BCUT2D eigenvalue weighted by atomic mass is 16.5. The number of nitrogens with zero attached hydrogens (tertiary/aromatic N) is 2. The highest BCUT2D eigenvalue weighted by Crippen LogP contribution is 2.22. The number of ether oxygens (including phenoxy) is 1. The molecule has 3 aromatic rings. The predicted octanol–water partition coefficient (Wildman–Crippen LogP) is 2.62. The van der Waals surface area contributed by atoms with Gasteiger partial charge in [0.1, 0.15) is 11.6 Å². The lowest BCUT2D eigenvalue weighted by molar-refractivity contribution is 0.0986. The van der Waals surface area contributed by atoms with Gasteiger partial charge in [-0.15, -0.1) is 0 Å². The van der Waals surface area contributed by atoms with Crippen molar-refractivity contribution in [1.29, 1.82) is 0 Å². The van der Waals surface area contributed by atoms with Crippen LogP contribution in [0.5, 0.6) is 5.75 Å². The first-order valence-electron chi connectivity index (χ1n) is 10.1. The number of carbonyl (C=O) groups excluding carboxylic acids is 1. The summed E-state index contributed by atoms with van der Waals surface area (Å²) in [6.07, 6.45) is 1.47. The Morgan fingerprint density at radius 1 is 1.13 bits per heavy atom. The molecular weight excluding hydrogens is 396 g/mol. The molecule has 2 aromatic carbocycles.